The zero-order valence-corrected chi connectivity index (χ0v) is 19.5. The first-order valence-electron chi connectivity index (χ1n) is 10.8. The molecule has 2 heterocycles. The molecule has 7 heteroatoms. The first-order valence-corrected chi connectivity index (χ1v) is 13.2. The predicted octanol–water partition coefficient (Wildman–Crippen LogP) is 3.13. The van der Waals surface area contributed by atoms with Gasteiger partial charge in [0.15, 0.2) is 0 Å². The first kappa shape index (κ1) is 21.7. The normalized spacial score (nSPS) is 25.0. The van der Waals surface area contributed by atoms with Crippen LogP contribution in [-0.4, -0.2) is 43.4 Å². The first-order chi connectivity index (χ1) is 16.1. The Bertz CT molecular complexity index is 1170. The van der Waals surface area contributed by atoms with Crippen LogP contribution >= 0.6 is 0 Å². The third-order valence-corrected chi connectivity index (χ3v) is 10.00. The van der Waals surface area contributed by atoms with E-state index in [1.54, 1.807) is 29.2 Å². The molecule has 0 radical (unpaired) electrons. The van der Waals surface area contributed by atoms with Gasteiger partial charge in [0.25, 0.3) is 0 Å². The number of fused-ring (bicyclic) bond motifs is 1. The molecule has 0 spiro atoms. The number of carbonyl (C=O) groups is 2. The Kier molecular flexibility index (Phi) is 5.94. The average Bonchev–Trinajstić information content (AvgIpc) is 3.42. The average molecular weight is 508 g/mol. The van der Waals surface area contributed by atoms with E-state index in [1.807, 2.05) is 66.7 Å². The quantitative estimate of drug-likeness (QED) is 0.291. The summed E-state index contributed by atoms with van der Waals surface area (Å²) in [5, 5.41) is 0. The summed E-state index contributed by atoms with van der Waals surface area (Å²) in [6, 6.07) is 27.2. The van der Waals surface area contributed by atoms with Gasteiger partial charge in [0, 0.05) is 0 Å². The van der Waals surface area contributed by atoms with Crippen LogP contribution in [0, 0.1) is 0 Å². The molecular formula is C26H23NO5Se. The van der Waals surface area contributed by atoms with E-state index >= 15 is 0 Å². The topological polar surface area (TPSA) is 72.9 Å². The van der Waals surface area contributed by atoms with Crippen LogP contribution in [0.4, 0.5) is 0 Å². The number of hydrogen-bond donors (Lipinski definition) is 0. The second-order valence-corrected chi connectivity index (χ2v) is 11.7. The number of carbonyl (C=O) groups excluding carboxylic acids is 2. The fourth-order valence-electron chi connectivity index (χ4n) is 4.45. The van der Waals surface area contributed by atoms with Gasteiger partial charge in [0.1, 0.15) is 0 Å². The fraction of sp³-hybridized carbons (Fsp3) is 0.231. The molecule has 0 bridgehead atoms. The molecule has 2 saturated heterocycles. The summed E-state index contributed by atoms with van der Waals surface area (Å²) in [6.07, 6.45) is -0.595. The van der Waals surface area contributed by atoms with Crippen molar-refractivity contribution in [3.63, 3.8) is 0 Å². The summed E-state index contributed by atoms with van der Waals surface area (Å²) >= 11 is -3.19. The van der Waals surface area contributed by atoms with Gasteiger partial charge < -0.3 is 0 Å². The summed E-state index contributed by atoms with van der Waals surface area (Å²) in [5.41, 5.74) is 1.72. The van der Waals surface area contributed by atoms with Crippen molar-refractivity contribution in [2.75, 3.05) is 6.61 Å². The minimum atomic E-state index is -3.19. The van der Waals surface area contributed by atoms with Crippen molar-refractivity contribution >= 4 is 30.2 Å². The molecule has 5 rings (SSSR count). The van der Waals surface area contributed by atoms with Crippen molar-refractivity contribution in [1.29, 1.82) is 0 Å². The number of ether oxygens (including phenoxy) is 2. The molecule has 2 fully saturated rings. The molecule has 1 amide bonds. The van der Waals surface area contributed by atoms with E-state index in [9.17, 15) is 13.4 Å². The van der Waals surface area contributed by atoms with Gasteiger partial charge in [-0.1, -0.05) is 0 Å². The number of rotatable bonds is 6. The number of esters is 1. The van der Waals surface area contributed by atoms with Gasteiger partial charge in [-0.05, 0) is 0 Å². The third kappa shape index (κ3) is 3.82. The van der Waals surface area contributed by atoms with Crippen LogP contribution < -0.4 is 4.46 Å². The van der Waals surface area contributed by atoms with Crippen LogP contribution in [0.1, 0.15) is 23.6 Å². The van der Waals surface area contributed by atoms with Crippen molar-refractivity contribution in [3.8, 4) is 0 Å². The molecule has 33 heavy (non-hydrogen) atoms. The van der Waals surface area contributed by atoms with Crippen LogP contribution in [0.25, 0.3) is 0 Å². The summed E-state index contributed by atoms with van der Waals surface area (Å²) in [7, 11) is 0. The number of benzene rings is 3. The van der Waals surface area contributed by atoms with E-state index in [0.29, 0.717) is 11.1 Å². The zero-order valence-electron chi connectivity index (χ0n) is 17.8. The van der Waals surface area contributed by atoms with E-state index in [0.717, 1.165) is 11.1 Å². The molecule has 2 unspecified atom stereocenters. The molecule has 0 aromatic heterocycles. The van der Waals surface area contributed by atoms with Gasteiger partial charge >= 0.3 is 196 Å². The van der Waals surface area contributed by atoms with E-state index in [1.165, 1.54) is 0 Å². The molecule has 0 saturated carbocycles. The Morgan fingerprint density at radius 3 is 2.24 bits per heavy atom. The Hall–Kier alpha value is -3.12. The fourth-order valence-corrected chi connectivity index (χ4v) is 7.76. The SMILES string of the molecule is O=C(OCc1ccccc1)C1([Se](=O)c2ccccc2)C[C@H]2OC[C@H](c3ccccc3)N2C1=O. The predicted molar refractivity (Wildman–Crippen MR) is 122 cm³/mol. The number of hydrogen-bond acceptors (Lipinski definition) is 5. The standard InChI is InChI=1S/C26H23NO5Se/c28-24-26(33(30)21-14-8-3-9-15-21,25(29)32-17-19-10-4-1-5-11-19)16-23-27(24)22(18-31-23)20-12-6-2-7-13-20/h1-15,22-23H,16-18H2/t22-,23-,26?,33?/m1/s1. The molecule has 2 aliphatic heterocycles. The van der Waals surface area contributed by atoms with Gasteiger partial charge in [0.2, 0.25) is 0 Å². The molecule has 3 aromatic rings. The Morgan fingerprint density at radius 2 is 1.58 bits per heavy atom. The van der Waals surface area contributed by atoms with Gasteiger partial charge in [-0.3, -0.25) is 0 Å². The molecular weight excluding hydrogens is 485 g/mol. The van der Waals surface area contributed by atoms with Crippen LogP contribution in [0.15, 0.2) is 91.0 Å². The van der Waals surface area contributed by atoms with Crippen molar-refractivity contribution in [1.82, 2.24) is 4.90 Å². The van der Waals surface area contributed by atoms with Crippen LogP contribution in [0.2, 0.25) is 4.31 Å². The summed E-state index contributed by atoms with van der Waals surface area (Å²) in [6.45, 7) is 0.348. The molecule has 168 valence electrons. The Morgan fingerprint density at radius 1 is 0.970 bits per heavy atom. The maximum atomic E-state index is 13.9. The second-order valence-electron chi connectivity index (χ2n) is 8.10. The van der Waals surface area contributed by atoms with Crippen molar-refractivity contribution in [2.24, 2.45) is 0 Å². The van der Waals surface area contributed by atoms with Crippen LogP contribution in [-0.2, 0) is 29.5 Å². The van der Waals surface area contributed by atoms with Crippen molar-refractivity contribution < 1.29 is 22.9 Å². The zero-order chi connectivity index (χ0) is 22.8. The van der Waals surface area contributed by atoms with Crippen molar-refractivity contribution in [3.05, 3.63) is 102 Å². The number of nitrogens with zero attached hydrogens (tertiary/aromatic N) is 1. The molecule has 0 aliphatic carbocycles. The second kappa shape index (κ2) is 9.02. The third-order valence-electron chi connectivity index (χ3n) is 6.14. The van der Waals surface area contributed by atoms with E-state index in [-0.39, 0.29) is 19.1 Å². The van der Waals surface area contributed by atoms with Crippen LogP contribution in [0.3, 0.4) is 0 Å². The molecule has 2 aliphatic rings. The molecule has 6 nitrogen and oxygen atoms in total. The van der Waals surface area contributed by atoms with Gasteiger partial charge in [0.05, 0.1) is 0 Å². The summed E-state index contributed by atoms with van der Waals surface area (Å²) < 4.78 is 24.2. The van der Waals surface area contributed by atoms with E-state index in [4.69, 9.17) is 9.47 Å². The number of amides is 1. The summed E-state index contributed by atoms with van der Waals surface area (Å²) in [4.78, 5) is 29.1. The summed E-state index contributed by atoms with van der Waals surface area (Å²) in [5.74, 6) is -1.22. The maximum absolute atomic E-state index is 13.9. The van der Waals surface area contributed by atoms with E-state index < -0.39 is 36.3 Å². The molecule has 4 atom stereocenters. The molecule has 0 N–H and O–H groups in total. The van der Waals surface area contributed by atoms with Gasteiger partial charge in [-0.2, -0.15) is 0 Å². The Balaban J connectivity index is 1.50. The van der Waals surface area contributed by atoms with Crippen molar-refractivity contribution in [2.45, 2.75) is 29.6 Å². The van der Waals surface area contributed by atoms with Crippen LogP contribution in [0.5, 0.6) is 0 Å². The van der Waals surface area contributed by atoms with Gasteiger partial charge in [-0.15, -0.1) is 0 Å². The molecule has 3 aromatic carbocycles. The minimum absolute atomic E-state index is 0.00993. The monoisotopic (exact) mass is 509 g/mol. The Labute approximate surface area is 196 Å². The van der Waals surface area contributed by atoms with E-state index in [2.05, 4.69) is 0 Å². The van der Waals surface area contributed by atoms with Gasteiger partial charge in [-0.25, -0.2) is 0 Å².